The average Bonchev–Trinajstić information content (AvgIpc) is 2.88. The zero-order valence-electron chi connectivity index (χ0n) is 10.3. The number of aromatic nitrogens is 2. The number of rotatable bonds is 7. The zero-order valence-corrected chi connectivity index (χ0v) is 10.3. The summed E-state index contributed by atoms with van der Waals surface area (Å²) >= 11 is 0. The summed E-state index contributed by atoms with van der Waals surface area (Å²) in [5, 5.41) is 10.4. The molecule has 17 heavy (non-hydrogen) atoms. The van der Waals surface area contributed by atoms with Gasteiger partial charge in [-0.25, -0.2) is 0 Å². The molecule has 0 amide bonds. The van der Waals surface area contributed by atoms with Crippen molar-refractivity contribution in [3.05, 3.63) is 18.0 Å². The summed E-state index contributed by atoms with van der Waals surface area (Å²) < 4.78 is 5.32. The van der Waals surface area contributed by atoms with Gasteiger partial charge >= 0.3 is 0 Å². The lowest BCUT2D eigenvalue weighted by Gasteiger charge is -2.26. The van der Waals surface area contributed by atoms with E-state index in [1.165, 1.54) is 18.7 Å². The fourth-order valence-corrected chi connectivity index (χ4v) is 2.02. The van der Waals surface area contributed by atoms with Crippen molar-refractivity contribution in [2.75, 3.05) is 45.9 Å². The van der Waals surface area contributed by atoms with Gasteiger partial charge in [0.2, 0.25) is 0 Å². The summed E-state index contributed by atoms with van der Waals surface area (Å²) in [7, 11) is 0. The van der Waals surface area contributed by atoms with E-state index in [4.69, 9.17) is 4.74 Å². The minimum absolute atomic E-state index is 0.896. The Morgan fingerprint density at radius 3 is 3.00 bits per heavy atom. The van der Waals surface area contributed by atoms with E-state index in [0.717, 1.165) is 45.8 Å². The largest absolute Gasteiger partial charge is 0.379 e. The molecule has 1 aromatic rings. The van der Waals surface area contributed by atoms with Crippen LogP contribution in [-0.4, -0.2) is 61.0 Å². The van der Waals surface area contributed by atoms with Crippen LogP contribution in [0.4, 0.5) is 0 Å². The normalized spacial score (nSPS) is 17.4. The fraction of sp³-hybridized carbons (Fsp3) is 0.750. The number of H-pyrrole nitrogens is 1. The molecule has 0 spiro atoms. The van der Waals surface area contributed by atoms with Crippen molar-refractivity contribution >= 4 is 0 Å². The molecular formula is C12H22N4O. The summed E-state index contributed by atoms with van der Waals surface area (Å²) in [6.07, 6.45) is 4.04. The quantitative estimate of drug-likeness (QED) is 0.669. The number of morpholine rings is 1. The Labute approximate surface area is 103 Å². The molecule has 2 N–H and O–H groups in total. The van der Waals surface area contributed by atoms with E-state index < -0.39 is 0 Å². The van der Waals surface area contributed by atoms with Crippen LogP contribution in [-0.2, 0) is 11.2 Å². The standard InChI is InChI=1S/C12H22N4O/c1(7-16-8-10-17-11-9-16)4-13-5-2-12-3-6-14-15-12/h3,6,13H,1-2,4-5,7-11H2,(H,14,15). The van der Waals surface area contributed by atoms with Gasteiger partial charge in [-0.05, 0) is 25.6 Å². The lowest BCUT2D eigenvalue weighted by Crippen LogP contribution is -2.37. The van der Waals surface area contributed by atoms with Crippen molar-refractivity contribution < 1.29 is 4.74 Å². The van der Waals surface area contributed by atoms with E-state index in [1.807, 2.05) is 6.07 Å². The van der Waals surface area contributed by atoms with Crippen molar-refractivity contribution in [3.8, 4) is 0 Å². The minimum atomic E-state index is 0.896. The number of nitrogens with zero attached hydrogens (tertiary/aromatic N) is 2. The van der Waals surface area contributed by atoms with Crippen LogP contribution < -0.4 is 5.32 Å². The number of nitrogens with one attached hydrogen (secondary N) is 2. The first-order chi connectivity index (χ1) is 8.45. The lowest BCUT2D eigenvalue weighted by molar-refractivity contribution is 0.0375. The third-order valence-electron chi connectivity index (χ3n) is 3.06. The highest BCUT2D eigenvalue weighted by atomic mass is 16.5. The Hall–Kier alpha value is -0.910. The highest BCUT2D eigenvalue weighted by molar-refractivity contribution is 4.97. The predicted molar refractivity (Wildman–Crippen MR) is 67.0 cm³/mol. The number of hydrogen-bond acceptors (Lipinski definition) is 4. The Bertz CT molecular complexity index is 283. The third kappa shape index (κ3) is 4.85. The molecule has 1 aliphatic heterocycles. The van der Waals surface area contributed by atoms with Gasteiger partial charge < -0.3 is 10.1 Å². The minimum Gasteiger partial charge on any atom is -0.379 e. The summed E-state index contributed by atoms with van der Waals surface area (Å²) in [5.41, 5.74) is 1.20. The fourth-order valence-electron chi connectivity index (χ4n) is 2.02. The molecule has 2 rings (SSSR count). The monoisotopic (exact) mass is 238 g/mol. The molecule has 1 saturated heterocycles. The molecule has 0 atom stereocenters. The smallest absolute Gasteiger partial charge is 0.0594 e. The van der Waals surface area contributed by atoms with E-state index in [0.29, 0.717) is 0 Å². The predicted octanol–water partition coefficient (Wildman–Crippen LogP) is 0.264. The van der Waals surface area contributed by atoms with Gasteiger partial charge in [0.25, 0.3) is 0 Å². The molecule has 0 radical (unpaired) electrons. The second-order valence-corrected chi connectivity index (χ2v) is 4.39. The zero-order chi connectivity index (χ0) is 11.8. The number of aromatic amines is 1. The van der Waals surface area contributed by atoms with Crippen LogP contribution in [0.5, 0.6) is 0 Å². The Morgan fingerprint density at radius 2 is 2.24 bits per heavy atom. The SMILES string of the molecule is c1cc(CCNCCCN2CCOCC2)[nH]n1. The molecule has 0 aromatic carbocycles. The molecule has 5 nitrogen and oxygen atoms in total. The Kier molecular flexibility index (Phi) is 5.48. The van der Waals surface area contributed by atoms with Gasteiger partial charge in [0, 0.05) is 37.9 Å². The average molecular weight is 238 g/mol. The lowest BCUT2D eigenvalue weighted by atomic mass is 10.3. The molecule has 2 heterocycles. The highest BCUT2D eigenvalue weighted by Gasteiger charge is 2.08. The van der Waals surface area contributed by atoms with Crippen molar-refractivity contribution in [1.29, 1.82) is 0 Å². The van der Waals surface area contributed by atoms with Crippen LogP contribution in [0.25, 0.3) is 0 Å². The molecule has 96 valence electrons. The van der Waals surface area contributed by atoms with Gasteiger partial charge in [-0.3, -0.25) is 10.00 Å². The van der Waals surface area contributed by atoms with Crippen molar-refractivity contribution in [3.63, 3.8) is 0 Å². The van der Waals surface area contributed by atoms with Gasteiger partial charge in [0.1, 0.15) is 0 Å². The summed E-state index contributed by atoms with van der Waals surface area (Å²) in [6.45, 7) is 7.26. The molecule has 5 heteroatoms. The third-order valence-corrected chi connectivity index (χ3v) is 3.06. The van der Waals surface area contributed by atoms with Crippen LogP contribution in [0.3, 0.4) is 0 Å². The molecule has 0 unspecified atom stereocenters. The number of hydrogen-bond donors (Lipinski definition) is 2. The molecule has 0 aliphatic carbocycles. The van der Waals surface area contributed by atoms with Gasteiger partial charge in [0.15, 0.2) is 0 Å². The summed E-state index contributed by atoms with van der Waals surface area (Å²) in [6, 6.07) is 2.02. The van der Waals surface area contributed by atoms with Crippen LogP contribution in [0.2, 0.25) is 0 Å². The van der Waals surface area contributed by atoms with E-state index in [-0.39, 0.29) is 0 Å². The second-order valence-electron chi connectivity index (χ2n) is 4.39. The first-order valence-corrected chi connectivity index (χ1v) is 6.44. The first kappa shape index (κ1) is 12.5. The van der Waals surface area contributed by atoms with E-state index in [1.54, 1.807) is 6.20 Å². The Morgan fingerprint density at radius 1 is 1.35 bits per heavy atom. The maximum Gasteiger partial charge on any atom is 0.0594 e. The molecule has 1 aliphatic rings. The maximum absolute atomic E-state index is 5.32. The molecule has 0 bridgehead atoms. The second kappa shape index (κ2) is 7.42. The molecule has 1 aromatic heterocycles. The maximum atomic E-state index is 5.32. The van der Waals surface area contributed by atoms with Crippen LogP contribution in [0, 0.1) is 0 Å². The van der Waals surface area contributed by atoms with Crippen molar-refractivity contribution in [2.24, 2.45) is 0 Å². The topological polar surface area (TPSA) is 53.2 Å². The van der Waals surface area contributed by atoms with Crippen LogP contribution in [0.1, 0.15) is 12.1 Å². The molecule has 0 saturated carbocycles. The highest BCUT2D eigenvalue weighted by Crippen LogP contribution is 1.97. The van der Waals surface area contributed by atoms with E-state index in [9.17, 15) is 0 Å². The van der Waals surface area contributed by atoms with Gasteiger partial charge in [-0.2, -0.15) is 5.10 Å². The van der Waals surface area contributed by atoms with E-state index >= 15 is 0 Å². The molecule has 1 fully saturated rings. The van der Waals surface area contributed by atoms with Crippen LogP contribution >= 0.6 is 0 Å². The first-order valence-electron chi connectivity index (χ1n) is 6.44. The Balaban J connectivity index is 1.43. The van der Waals surface area contributed by atoms with Crippen molar-refractivity contribution in [2.45, 2.75) is 12.8 Å². The summed E-state index contributed by atoms with van der Waals surface area (Å²) in [5.74, 6) is 0. The van der Waals surface area contributed by atoms with Crippen molar-refractivity contribution in [1.82, 2.24) is 20.4 Å². The van der Waals surface area contributed by atoms with Gasteiger partial charge in [-0.1, -0.05) is 0 Å². The van der Waals surface area contributed by atoms with Gasteiger partial charge in [-0.15, -0.1) is 0 Å². The van der Waals surface area contributed by atoms with E-state index in [2.05, 4.69) is 20.4 Å². The summed E-state index contributed by atoms with van der Waals surface area (Å²) in [4.78, 5) is 2.47. The van der Waals surface area contributed by atoms with Gasteiger partial charge in [0.05, 0.1) is 13.2 Å². The number of ether oxygens (including phenoxy) is 1. The van der Waals surface area contributed by atoms with Crippen LogP contribution in [0.15, 0.2) is 12.3 Å². The molecular weight excluding hydrogens is 216 g/mol.